The minimum absolute atomic E-state index is 0.429. The molecule has 3 aromatic rings. The van der Waals surface area contributed by atoms with Crippen LogP contribution in [0.1, 0.15) is 12.5 Å². The van der Waals surface area contributed by atoms with Crippen LogP contribution >= 0.6 is 23.2 Å². The van der Waals surface area contributed by atoms with Crippen LogP contribution in [0.25, 0.3) is 10.8 Å². The van der Waals surface area contributed by atoms with Crippen molar-refractivity contribution >= 4 is 39.7 Å². The maximum atomic E-state index is 6.68. The Morgan fingerprint density at radius 1 is 0.773 bits per heavy atom. The highest BCUT2D eigenvalue weighted by Gasteiger charge is 2.72. The molecule has 1 nitrogen and oxygen atoms in total. The third kappa shape index (κ3) is 1.73. The highest BCUT2D eigenvalue weighted by Crippen LogP contribution is 2.66. The molecule has 22 heavy (non-hydrogen) atoms. The quantitative estimate of drug-likeness (QED) is 0.331. The average molecular weight is 328 g/mol. The Bertz CT molecular complexity index is 839. The molecule has 1 aliphatic heterocycles. The van der Waals surface area contributed by atoms with Gasteiger partial charge in [0.15, 0.2) is 0 Å². The first-order valence-electron chi connectivity index (χ1n) is 7.28. The first kappa shape index (κ1) is 13.9. The second kappa shape index (κ2) is 4.65. The molecule has 0 aliphatic carbocycles. The molecule has 1 heterocycles. The molecule has 0 bridgehead atoms. The molecule has 1 aliphatic rings. The fraction of sp³-hybridized carbons (Fsp3) is 0.158. The van der Waals surface area contributed by atoms with Crippen molar-refractivity contribution < 1.29 is 0 Å². The molecule has 0 radical (unpaired) electrons. The standard InChI is InChI=1S/C19H15Cl2N/c1-18(15-10-3-2-4-11-15)19(20,21)22(18)17-13-7-9-14-8-5-6-12-16(14)17/h2-13H,1H3. The molecule has 110 valence electrons. The summed E-state index contributed by atoms with van der Waals surface area (Å²) in [4.78, 5) is 2.08. The Kier molecular flexibility index (Phi) is 2.94. The van der Waals surface area contributed by atoms with E-state index in [4.69, 9.17) is 23.2 Å². The number of halogens is 2. The fourth-order valence-electron chi connectivity index (χ4n) is 3.26. The third-order valence-electron chi connectivity index (χ3n) is 4.61. The second-order valence-corrected chi connectivity index (χ2v) is 7.10. The summed E-state index contributed by atoms with van der Waals surface area (Å²) >= 11 is 13.4. The van der Waals surface area contributed by atoms with Crippen LogP contribution in [0, 0.1) is 0 Å². The summed E-state index contributed by atoms with van der Waals surface area (Å²) in [6, 6.07) is 24.7. The molecule has 4 rings (SSSR count). The molecule has 0 amide bonds. The van der Waals surface area contributed by atoms with Crippen molar-refractivity contribution in [3.63, 3.8) is 0 Å². The van der Waals surface area contributed by atoms with E-state index in [1.807, 2.05) is 36.4 Å². The Hall–Kier alpha value is -1.70. The number of fused-ring (bicyclic) bond motifs is 1. The van der Waals surface area contributed by atoms with Gasteiger partial charge in [0.05, 0.1) is 0 Å². The van der Waals surface area contributed by atoms with Gasteiger partial charge in [0.1, 0.15) is 5.54 Å². The lowest BCUT2D eigenvalue weighted by atomic mass is 10.0. The van der Waals surface area contributed by atoms with Crippen molar-refractivity contribution in [1.29, 1.82) is 0 Å². The summed E-state index contributed by atoms with van der Waals surface area (Å²) in [5, 5.41) is 2.35. The van der Waals surface area contributed by atoms with E-state index in [0.29, 0.717) is 0 Å². The molecule has 1 unspecified atom stereocenters. The maximum Gasteiger partial charge on any atom is 0.218 e. The summed E-state index contributed by atoms with van der Waals surface area (Å²) in [5.41, 5.74) is 1.75. The molecule has 1 fully saturated rings. The normalized spacial score (nSPS) is 22.8. The van der Waals surface area contributed by atoms with Crippen molar-refractivity contribution in [2.45, 2.75) is 16.9 Å². The molecule has 0 spiro atoms. The van der Waals surface area contributed by atoms with Gasteiger partial charge in [-0.05, 0) is 23.9 Å². The first-order chi connectivity index (χ1) is 10.6. The Balaban J connectivity index is 1.90. The minimum Gasteiger partial charge on any atom is -0.323 e. The van der Waals surface area contributed by atoms with Crippen LogP contribution in [0.2, 0.25) is 0 Å². The highest BCUT2D eigenvalue weighted by molar-refractivity contribution is 6.54. The van der Waals surface area contributed by atoms with Gasteiger partial charge in [-0.2, -0.15) is 0 Å². The summed E-state index contributed by atoms with van der Waals surface area (Å²) in [7, 11) is 0. The van der Waals surface area contributed by atoms with Gasteiger partial charge in [0, 0.05) is 11.1 Å². The van der Waals surface area contributed by atoms with E-state index in [9.17, 15) is 0 Å². The van der Waals surface area contributed by atoms with E-state index in [1.54, 1.807) is 0 Å². The Morgan fingerprint density at radius 2 is 1.41 bits per heavy atom. The summed E-state index contributed by atoms with van der Waals surface area (Å²) < 4.78 is -0.946. The molecule has 0 aromatic heterocycles. The molecule has 1 saturated heterocycles. The van der Waals surface area contributed by atoms with Gasteiger partial charge in [-0.25, -0.2) is 0 Å². The molecule has 0 N–H and O–H groups in total. The molecule has 3 heteroatoms. The van der Waals surface area contributed by atoms with E-state index in [1.165, 1.54) is 5.39 Å². The largest absolute Gasteiger partial charge is 0.323 e. The molecule has 3 aromatic carbocycles. The Labute approximate surface area is 140 Å². The van der Waals surface area contributed by atoms with Crippen molar-refractivity contribution in [3.05, 3.63) is 78.4 Å². The molecular weight excluding hydrogens is 313 g/mol. The number of rotatable bonds is 2. The zero-order chi connectivity index (χ0) is 15.4. The van der Waals surface area contributed by atoms with E-state index < -0.39 is 10.00 Å². The van der Waals surface area contributed by atoms with Gasteiger partial charge in [-0.15, -0.1) is 0 Å². The number of benzene rings is 3. The molecular formula is C19H15Cl2N. The highest BCUT2D eigenvalue weighted by atomic mass is 35.5. The van der Waals surface area contributed by atoms with E-state index in [0.717, 1.165) is 16.6 Å². The SMILES string of the molecule is CC1(c2ccccc2)N(c2cccc3ccccc23)C1(Cl)Cl. The van der Waals surface area contributed by atoms with Crippen LogP contribution in [0.5, 0.6) is 0 Å². The monoisotopic (exact) mass is 327 g/mol. The van der Waals surface area contributed by atoms with E-state index >= 15 is 0 Å². The number of hydrogen-bond donors (Lipinski definition) is 0. The number of anilines is 1. The van der Waals surface area contributed by atoms with Gasteiger partial charge >= 0.3 is 0 Å². The lowest BCUT2D eigenvalue weighted by molar-refractivity contribution is 0.772. The zero-order valence-electron chi connectivity index (χ0n) is 12.1. The van der Waals surface area contributed by atoms with Gasteiger partial charge in [0.25, 0.3) is 0 Å². The van der Waals surface area contributed by atoms with Crippen LogP contribution in [0.15, 0.2) is 72.8 Å². The van der Waals surface area contributed by atoms with Crippen LogP contribution in [-0.4, -0.2) is 4.46 Å². The average Bonchev–Trinajstić information content (AvgIpc) is 3.01. The van der Waals surface area contributed by atoms with E-state index in [-0.39, 0.29) is 0 Å². The fourth-order valence-corrected chi connectivity index (χ4v) is 4.09. The third-order valence-corrected chi connectivity index (χ3v) is 5.68. The lowest BCUT2D eigenvalue weighted by Gasteiger charge is -2.14. The van der Waals surface area contributed by atoms with Gasteiger partial charge in [-0.3, -0.25) is 0 Å². The number of nitrogens with zero attached hydrogens (tertiary/aromatic N) is 1. The summed E-state index contributed by atoms with van der Waals surface area (Å²) in [6.45, 7) is 2.09. The predicted octanol–water partition coefficient (Wildman–Crippen LogP) is 5.71. The topological polar surface area (TPSA) is 3.01 Å². The van der Waals surface area contributed by atoms with E-state index in [2.05, 4.69) is 48.2 Å². The van der Waals surface area contributed by atoms with Gasteiger partial charge in [-0.1, -0.05) is 89.9 Å². The smallest absolute Gasteiger partial charge is 0.218 e. The predicted molar refractivity (Wildman–Crippen MR) is 94.7 cm³/mol. The van der Waals surface area contributed by atoms with Crippen LogP contribution in [-0.2, 0) is 5.54 Å². The van der Waals surface area contributed by atoms with Gasteiger partial charge < -0.3 is 4.90 Å². The van der Waals surface area contributed by atoms with Crippen molar-refractivity contribution in [2.24, 2.45) is 0 Å². The maximum absolute atomic E-state index is 6.68. The van der Waals surface area contributed by atoms with Crippen LogP contribution in [0.3, 0.4) is 0 Å². The summed E-state index contributed by atoms with van der Waals surface area (Å²) in [6.07, 6.45) is 0. The van der Waals surface area contributed by atoms with Crippen LogP contribution < -0.4 is 4.90 Å². The Morgan fingerprint density at radius 3 is 2.18 bits per heavy atom. The lowest BCUT2D eigenvalue weighted by Crippen LogP contribution is -2.12. The van der Waals surface area contributed by atoms with Gasteiger partial charge in [0.2, 0.25) is 4.46 Å². The van der Waals surface area contributed by atoms with Crippen molar-refractivity contribution in [1.82, 2.24) is 0 Å². The van der Waals surface area contributed by atoms with Crippen molar-refractivity contribution in [3.8, 4) is 0 Å². The van der Waals surface area contributed by atoms with Crippen molar-refractivity contribution in [2.75, 3.05) is 4.90 Å². The first-order valence-corrected chi connectivity index (χ1v) is 8.04. The number of alkyl halides is 2. The minimum atomic E-state index is -0.946. The second-order valence-electron chi connectivity index (χ2n) is 5.81. The van der Waals surface area contributed by atoms with Crippen LogP contribution in [0.4, 0.5) is 5.69 Å². The molecule has 1 atom stereocenters. The zero-order valence-corrected chi connectivity index (χ0v) is 13.6. The summed E-state index contributed by atoms with van der Waals surface area (Å²) in [5.74, 6) is 0. The number of hydrogen-bond acceptors (Lipinski definition) is 1. The molecule has 0 saturated carbocycles.